The Balaban J connectivity index is 1.66. The summed E-state index contributed by atoms with van der Waals surface area (Å²) < 4.78 is 10.7. The van der Waals surface area contributed by atoms with Gasteiger partial charge in [0, 0.05) is 6.42 Å². The molecule has 0 saturated heterocycles. The standard InChI is InChI=1S/C17H20O3/c18-9-3-10-19-12-13-20-11-8-15-6-7-16-4-1-2-5-17(16)14-15/h1-2,4-7,9,14H,3,8,10-13H2. The van der Waals surface area contributed by atoms with E-state index in [2.05, 4.69) is 42.5 Å². The lowest BCUT2D eigenvalue weighted by molar-refractivity contribution is -0.108. The summed E-state index contributed by atoms with van der Waals surface area (Å²) in [6.07, 6.45) is 2.22. The fourth-order valence-electron chi connectivity index (χ4n) is 2.04. The molecule has 0 aliphatic carbocycles. The first-order chi connectivity index (χ1) is 9.90. The van der Waals surface area contributed by atoms with Gasteiger partial charge in [-0.3, -0.25) is 0 Å². The number of fused-ring (bicyclic) bond motifs is 1. The zero-order chi connectivity index (χ0) is 14.0. The van der Waals surface area contributed by atoms with Crippen molar-refractivity contribution in [3.8, 4) is 0 Å². The number of aldehydes is 1. The van der Waals surface area contributed by atoms with Gasteiger partial charge in [-0.25, -0.2) is 0 Å². The lowest BCUT2D eigenvalue weighted by Crippen LogP contribution is -2.07. The number of ether oxygens (including phenoxy) is 2. The molecule has 2 aromatic rings. The SMILES string of the molecule is O=CCCOCCOCCc1ccc2ccccc2c1. The summed E-state index contributed by atoms with van der Waals surface area (Å²) in [5.41, 5.74) is 1.28. The van der Waals surface area contributed by atoms with Gasteiger partial charge >= 0.3 is 0 Å². The second-order valence-corrected chi connectivity index (χ2v) is 4.61. The molecule has 0 N–H and O–H groups in total. The van der Waals surface area contributed by atoms with E-state index in [1.165, 1.54) is 16.3 Å². The van der Waals surface area contributed by atoms with Crippen LogP contribution in [0.3, 0.4) is 0 Å². The molecular weight excluding hydrogens is 252 g/mol. The zero-order valence-electron chi connectivity index (χ0n) is 11.6. The topological polar surface area (TPSA) is 35.5 Å². The molecule has 2 rings (SSSR count). The Labute approximate surface area is 119 Å². The Kier molecular flexibility index (Phi) is 6.21. The predicted octanol–water partition coefficient (Wildman–Crippen LogP) is 3.00. The normalized spacial score (nSPS) is 10.8. The third kappa shape index (κ3) is 4.76. The summed E-state index contributed by atoms with van der Waals surface area (Å²) in [5, 5.41) is 2.53. The van der Waals surface area contributed by atoms with E-state index >= 15 is 0 Å². The van der Waals surface area contributed by atoms with E-state index in [4.69, 9.17) is 9.47 Å². The molecule has 0 saturated carbocycles. The summed E-state index contributed by atoms with van der Waals surface area (Å²) in [7, 11) is 0. The number of carbonyl (C=O) groups excluding carboxylic acids is 1. The first-order valence-electron chi connectivity index (χ1n) is 6.97. The van der Waals surface area contributed by atoms with Crippen LogP contribution in [0.2, 0.25) is 0 Å². The van der Waals surface area contributed by atoms with E-state index in [1.807, 2.05) is 0 Å². The number of benzene rings is 2. The van der Waals surface area contributed by atoms with Gasteiger partial charge in [-0.15, -0.1) is 0 Å². The van der Waals surface area contributed by atoms with Crippen molar-refractivity contribution in [1.82, 2.24) is 0 Å². The minimum Gasteiger partial charge on any atom is -0.379 e. The quantitative estimate of drug-likeness (QED) is 0.520. The second kappa shape index (κ2) is 8.46. The lowest BCUT2D eigenvalue weighted by atomic mass is 10.1. The molecule has 0 amide bonds. The van der Waals surface area contributed by atoms with Crippen LogP contribution in [0.5, 0.6) is 0 Å². The van der Waals surface area contributed by atoms with Gasteiger partial charge in [0.2, 0.25) is 0 Å². The number of rotatable bonds is 9. The van der Waals surface area contributed by atoms with Crippen LogP contribution in [0.1, 0.15) is 12.0 Å². The van der Waals surface area contributed by atoms with Gasteiger partial charge in [0.25, 0.3) is 0 Å². The Hall–Kier alpha value is -1.71. The monoisotopic (exact) mass is 272 g/mol. The molecule has 0 heterocycles. The molecule has 0 radical (unpaired) electrons. The van der Waals surface area contributed by atoms with Gasteiger partial charge in [-0.2, -0.15) is 0 Å². The maximum atomic E-state index is 10.1. The molecule has 0 atom stereocenters. The minimum atomic E-state index is 0.455. The van der Waals surface area contributed by atoms with E-state index < -0.39 is 0 Å². The van der Waals surface area contributed by atoms with Crippen molar-refractivity contribution in [3.63, 3.8) is 0 Å². The van der Waals surface area contributed by atoms with Crippen LogP contribution in [0.4, 0.5) is 0 Å². The largest absolute Gasteiger partial charge is 0.379 e. The molecule has 0 spiro atoms. The maximum Gasteiger partial charge on any atom is 0.122 e. The van der Waals surface area contributed by atoms with E-state index in [1.54, 1.807) is 0 Å². The third-order valence-corrected chi connectivity index (χ3v) is 3.10. The molecule has 0 unspecified atom stereocenters. The van der Waals surface area contributed by atoms with E-state index in [9.17, 15) is 4.79 Å². The molecule has 0 fully saturated rings. The lowest BCUT2D eigenvalue weighted by Gasteiger charge is -2.06. The summed E-state index contributed by atoms with van der Waals surface area (Å²) in [6.45, 7) is 2.30. The molecule has 0 aromatic heterocycles. The smallest absolute Gasteiger partial charge is 0.122 e. The van der Waals surface area contributed by atoms with Gasteiger partial charge < -0.3 is 14.3 Å². The van der Waals surface area contributed by atoms with E-state index in [0.717, 1.165) is 12.7 Å². The van der Waals surface area contributed by atoms with E-state index in [0.29, 0.717) is 32.8 Å². The first kappa shape index (κ1) is 14.7. The van der Waals surface area contributed by atoms with Crippen LogP contribution in [-0.2, 0) is 20.7 Å². The highest BCUT2D eigenvalue weighted by Crippen LogP contribution is 2.15. The summed E-state index contributed by atoms with van der Waals surface area (Å²) in [6, 6.07) is 14.8. The molecule has 2 aromatic carbocycles. The van der Waals surface area contributed by atoms with E-state index in [-0.39, 0.29) is 0 Å². The van der Waals surface area contributed by atoms with Crippen LogP contribution in [-0.4, -0.2) is 32.7 Å². The van der Waals surface area contributed by atoms with Crippen molar-refractivity contribution in [2.75, 3.05) is 26.4 Å². The first-order valence-corrected chi connectivity index (χ1v) is 6.97. The number of hydrogen-bond acceptors (Lipinski definition) is 3. The summed E-state index contributed by atoms with van der Waals surface area (Å²) in [4.78, 5) is 10.1. The number of carbonyl (C=O) groups is 1. The van der Waals surface area contributed by atoms with Crippen molar-refractivity contribution in [2.24, 2.45) is 0 Å². The van der Waals surface area contributed by atoms with Crippen molar-refractivity contribution in [3.05, 3.63) is 48.0 Å². The average molecular weight is 272 g/mol. The highest BCUT2D eigenvalue weighted by molar-refractivity contribution is 5.82. The molecule has 106 valence electrons. The number of hydrogen-bond donors (Lipinski definition) is 0. The van der Waals surface area contributed by atoms with Crippen molar-refractivity contribution >= 4 is 17.1 Å². The highest BCUT2D eigenvalue weighted by atomic mass is 16.5. The van der Waals surface area contributed by atoms with Gasteiger partial charge in [-0.05, 0) is 22.8 Å². The fraction of sp³-hybridized carbons (Fsp3) is 0.353. The second-order valence-electron chi connectivity index (χ2n) is 4.61. The van der Waals surface area contributed by atoms with Gasteiger partial charge in [0.05, 0.1) is 26.4 Å². The van der Waals surface area contributed by atoms with Crippen molar-refractivity contribution in [2.45, 2.75) is 12.8 Å². The van der Waals surface area contributed by atoms with Gasteiger partial charge in [0.15, 0.2) is 0 Å². The van der Waals surface area contributed by atoms with Crippen LogP contribution >= 0.6 is 0 Å². The molecule has 0 bridgehead atoms. The van der Waals surface area contributed by atoms with Crippen molar-refractivity contribution in [1.29, 1.82) is 0 Å². The Bertz CT molecular complexity index is 537. The molecule has 3 nitrogen and oxygen atoms in total. The maximum absolute atomic E-state index is 10.1. The predicted molar refractivity (Wildman–Crippen MR) is 80.0 cm³/mol. The van der Waals surface area contributed by atoms with Crippen molar-refractivity contribution < 1.29 is 14.3 Å². The Morgan fingerprint density at radius 1 is 0.850 bits per heavy atom. The fourth-order valence-corrected chi connectivity index (χ4v) is 2.04. The summed E-state index contributed by atoms with van der Waals surface area (Å²) >= 11 is 0. The molecule has 20 heavy (non-hydrogen) atoms. The molecule has 0 aliphatic heterocycles. The van der Waals surface area contributed by atoms with Gasteiger partial charge in [-0.1, -0.05) is 42.5 Å². The highest BCUT2D eigenvalue weighted by Gasteiger charge is 1.97. The van der Waals surface area contributed by atoms with Gasteiger partial charge in [0.1, 0.15) is 6.29 Å². The molecular formula is C17H20O3. The molecule has 0 aliphatic rings. The Morgan fingerprint density at radius 2 is 1.60 bits per heavy atom. The Morgan fingerprint density at radius 3 is 2.40 bits per heavy atom. The minimum absolute atomic E-state index is 0.455. The van der Waals surface area contributed by atoms with Crippen LogP contribution in [0, 0.1) is 0 Å². The van der Waals surface area contributed by atoms with Crippen LogP contribution in [0.15, 0.2) is 42.5 Å². The average Bonchev–Trinajstić information content (AvgIpc) is 2.50. The summed E-state index contributed by atoms with van der Waals surface area (Å²) in [5.74, 6) is 0. The zero-order valence-corrected chi connectivity index (χ0v) is 11.6. The third-order valence-electron chi connectivity index (χ3n) is 3.10. The van der Waals surface area contributed by atoms with Crippen LogP contribution in [0.25, 0.3) is 10.8 Å². The van der Waals surface area contributed by atoms with Crippen LogP contribution < -0.4 is 0 Å². The molecule has 3 heteroatoms.